The van der Waals surface area contributed by atoms with Crippen LogP contribution in [0.2, 0.25) is 0 Å². The van der Waals surface area contributed by atoms with Gasteiger partial charge in [0.05, 0.1) is 18.0 Å². The smallest absolute Gasteiger partial charge is 0.331 e. The Kier molecular flexibility index (Phi) is 4.91. The summed E-state index contributed by atoms with van der Waals surface area (Å²) in [5.74, 6) is 0. The van der Waals surface area contributed by atoms with Crippen molar-refractivity contribution in [3.05, 3.63) is 79.8 Å². The number of hydrogen-bond acceptors (Lipinski definition) is 4. The van der Waals surface area contributed by atoms with Gasteiger partial charge in [-0.2, -0.15) is 0 Å². The lowest BCUT2D eigenvalue weighted by Crippen LogP contribution is -2.39. The van der Waals surface area contributed by atoms with Gasteiger partial charge in [-0.1, -0.05) is 42.5 Å². The van der Waals surface area contributed by atoms with Crippen molar-refractivity contribution in [3.8, 4) is 0 Å². The normalized spacial score (nSPS) is 12.7. The van der Waals surface area contributed by atoms with Crippen LogP contribution >= 0.6 is 11.3 Å². The van der Waals surface area contributed by atoms with Crippen LogP contribution in [0, 0.1) is 0 Å². The Morgan fingerprint density at radius 3 is 2.61 bits per heavy atom. The highest BCUT2D eigenvalue weighted by atomic mass is 32.1. The molecule has 0 N–H and O–H groups in total. The minimum Gasteiger partial charge on any atom is -0.380 e. The zero-order chi connectivity index (χ0) is 19.8. The number of nitrogens with zero attached hydrogens (tertiary/aromatic N) is 2. The Morgan fingerprint density at radius 2 is 1.82 bits per heavy atom. The SMILES string of the molecule is COC(C)Cn1c(=O)n(C)c(=O)c2cc(Cc3cccc4ccccc34)sc21. The fourth-order valence-electron chi connectivity index (χ4n) is 3.53. The van der Waals surface area contributed by atoms with E-state index in [0.717, 1.165) is 11.3 Å². The van der Waals surface area contributed by atoms with Crippen molar-refractivity contribution < 1.29 is 4.74 Å². The van der Waals surface area contributed by atoms with Crippen molar-refractivity contribution in [2.75, 3.05) is 7.11 Å². The topological polar surface area (TPSA) is 53.2 Å². The lowest BCUT2D eigenvalue weighted by Gasteiger charge is -2.13. The lowest BCUT2D eigenvalue weighted by atomic mass is 10.0. The molecule has 4 aromatic rings. The third-order valence-corrected chi connectivity index (χ3v) is 6.31. The molecule has 28 heavy (non-hydrogen) atoms. The number of benzene rings is 2. The van der Waals surface area contributed by atoms with Gasteiger partial charge in [-0.05, 0) is 29.3 Å². The quantitative estimate of drug-likeness (QED) is 0.520. The summed E-state index contributed by atoms with van der Waals surface area (Å²) in [7, 11) is 3.15. The highest BCUT2D eigenvalue weighted by Gasteiger charge is 2.17. The molecule has 0 radical (unpaired) electrons. The second-order valence-electron chi connectivity index (χ2n) is 7.05. The molecule has 0 saturated carbocycles. The maximum atomic E-state index is 12.7. The van der Waals surface area contributed by atoms with Crippen LogP contribution in [0.4, 0.5) is 0 Å². The average molecular weight is 394 g/mol. The maximum absolute atomic E-state index is 12.7. The summed E-state index contributed by atoms with van der Waals surface area (Å²) in [6, 6.07) is 16.5. The van der Waals surface area contributed by atoms with Gasteiger partial charge in [0.2, 0.25) is 0 Å². The highest BCUT2D eigenvalue weighted by molar-refractivity contribution is 7.18. The predicted octanol–water partition coefficient (Wildman–Crippen LogP) is 3.54. The zero-order valence-corrected chi connectivity index (χ0v) is 17.0. The summed E-state index contributed by atoms with van der Waals surface area (Å²) in [5, 5.41) is 2.99. The Hall–Kier alpha value is -2.70. The van der Waals surface area contributed by atoms with Crippen LogP contribution in [0.3, 0.4) is 0 Å². The molecule has 1 unspecified atom stereocenters. The fraction of sp³-hybridized carbons (Fsp3) is 0.273. The van der Waals surface area contributed by atoms with Crippen LogP contribution in [-0.4, -0.2) is 22.3 Å². The van der Waals surface area contributed by atoms with Crippen LogP contribution in [0.25, 0.3) is 21.0 Å². The molecule has 0 aliphatic rings. The first-order chi connectivity index (χ1) is 13.5. The predicted molar refractivity (Wildman–Crippen MR) is 115 cm³/mol. The van der Waals surface area contributed by atoms with E-state index in [1.165, 1.54) is 39.3 Å². The Bertz CT molecular complexity index is 1280. The van der Waals surface area contributed by atoms with Crippen LogP contribution in [0.1, 0.15) is 17.4 Å². The molecule has 4 rings (SSSR count). The van der Waals surface area contributed by atoms with Gasteiger partial charge < -0.3 is 4.74 Å². The zero-order valence-electron chi connectivity index (χ0n) is 16.1. The number of aromatic nitrogens is 2. The molecule has 0 saturated heterocycles. The molecule has 0 aliphatic carbocycles. The van der Waals surface area contributed by atoms with E-state index in [9.17, 15) is 9.59 Å². The lowest BCUT2D eigenvalue weighted by molar-refractivity contribution is 0.103. The summed E-state index contributed by atoms with van der Waals surface area (Å²) >= 11 is 1.51. The molecule has 2 aromatic heterocycles. The molecule has 5 nitrogen and oxygen atoms in total. The average Bonchev–Trinajstić information content (AvgIpc) is 3.13. The molecule has 1 atom stereocenters. The standard InChI is InChI=1S/C22H22N2O3S/c1-14(27-3)13-24-21-19(20(25)23(2)22(24)26)12-17(28-21)11-16-9-6-8-15-7-4-5-10-18(15)16/h4-10,12,14H,11,13H2,1-3H3. The Balaban J connectivity index is 1.85. The summed E-state index contributed by atoms with van der Waals surface area (Å²) in [6.45, 7) is 2.32. The Labute approximate surface area is 166 Å². The summed E-state index contributed by atoms with van der Waals surface area (Å²) < 4.78 is 8.17. The Morgan fingerprint density at radius 1 is 1.07 bits per heavy atom. The molecule has 0 bridgehead atoms. The number of hydrogen-bond donors (Lipinski definition) is 0. The largest absolute Gasteiger partial charge is 0.380 e. The first-order valence-electron chi connectivity index (χ1n) is 9.21. The van der Waals surface area contributed by atoms with Crippen molar-refractivity contribution in [3.63, 3.8) is 0 Å². The van der Waals surface area contributed by atoms with E-state index in [-0.39, 0.29) is 17.4 Å². The van der Waals surface area contributed by atoms with Crippen molar-refractivity contribution >= 4 is 32.3 Å². The van der Waals surface area contributed by atoms with Gasteiger partial charge in [-0.3, -0.25) is 13.9 Å². The summed E-state index contributed by atoms with van der Waals surface area (Å²) in [4.78, 5) is 27.1. The van der Waals surface area contributed by atoms with E-state index >= 15 is 0 Å². The minimum absolute atomic E-state index is 0.123. The second kappa shape index (κ2) is 7.37. The number of fused-ring (bicyclic) bond motifs is 2. The molecule has 2 aromatic carbocycles. The molecule has 0 aliphatic heterocycles. The van der Waals surface area contributed by atoms with E-state index in [2.05, 4.69) is 30.3 Å². The molecule has 0 spiro atoms. The number of thiophene rings is 1. The van der Waals surface area contributed by atoms with Gasteiger partial charge in [0.15, 0.2) is 0 Å². The van der Waals surface area contributed by atoms with Crippen LogP contribution in [0.5, 0.6) is 0 Å². The summed E-state index contributed by atoms with van der Waals surface area (Å²) in [6.07, 6.45) is 0.597. The monoisotopic (exact) mass is 394 g/mol. The van der Waals surface area contributed by atoms with Crippen LogP contribution in [-0.2, 0) is 24.8 Å². The van der Waals surface area contributed by atoms with E-state index < -0.39 is 0 Å². The molecule has 0 amide bonds. The molecule has 6 heteroatoms. The third kappa shape index (κ3) is 3.19. The number of ether oxygens (including phenoxy) is 1. The highest BCUT2D eigenvalue weighted by Crippen LogP contribution is 2.27. The van der Waals surface area contributed by atoms with Crippen molar-refractivity contribution in [2.24, 2.45) is 7.05 Å². The van der Waals surface area contributed by atoms with Gasteiger partial charge in [0.25, 0.3) is 5.56 Å². The van der Waals surface area contributed by atoms with Gasteiger partial charge >= 0.3 is 5.69 Å². The second-order valence-corrected chi connectivity index (χ2v) is 8.17. The van der Waals surface area contributed by atoms with Gasteiger partial charge in [-0.25, -0.2) is 4.79 Å². The molecule has 0 fully saturated rings. The van der Waals surface area contributed by atoms with Crippen molar-refractivity contribution in [2.45, 2.75) is 26.0 Å². The molecule has 2 heterocycles. The van der Waals surface area contributed by atoms with Crippen LogP contribution < -0.4 is 11.2 Å². The van der Waals surface area contributed by atoms with E-state index in [1.807, 2.05) is 25.1 Å². The number of methoxy groups -OCH3 is 1. The van der Waals surface area contributed by atoms with Gasteiger partial charge in [0, 0.05) is 25.5 Å². The van der Waals surface area contributed by atoms with Gasteiger partial charge in [0.1, 0.15) is 4.83 Å². The summed E-state index contributed by atoms with van der Waals surface area (Å²) in [5.41, 5.74) is 0.655. The third-order valence-electron chi connectivity index (χ3n) is 5.15. The molecule has 144 valence electrons. The van der Waals surface area contributed by atoms with Crippen molar-refractivity contribution in [1.29, 1.82) is 0 Å². The first kappa shape index (κ1) is 18.7. The van der Waals surface area contributed by atoms with E-state index in [0.29, 0.717) is 16.8 Å². The minimum atomic E-state index is -0.306. The van der Waals surface area contributed by atoms with Crippen LogP contribution in [0.15, 0.2) is 58.1 Å². The van der Waals surface area contributed by atoms with Crippen molar-refractivity contribution in [1.82, 2.24) is 9.13 Å². The fourth-order valence-corrected chi connectivity index (χ4v) is 4.71. The van der Waals surface area contributed by atoms with Gasteiger partial charge in [-0.15, -0.1) is 11.3 Å². The van der Waals surface area contributed by atoms with E-state index in [4.69, 9.17) is 4.74 Å². The maximum Gasteiger partial charge on any atom is 0.331 e. The van der Waals surface area contributed by atoms with E-state index in [1.54, 1.807) is 11.7 Å². The number of rotatable bonds is 5. The molecular formula is C22H22N2O3S. The molecular weight excluding hydrogens is 372 g/mol. The first-order valence-corrected chi connectivity index (χ1v) is 10.0.